The van der Waals surface area contributed by atoms with Gasteiger partial charge in [-0.3, -0.25) is 9.79 Å². The van der Waals surface area contributed by atoms with Gasteiger partial charge in [-0.05, 0) is 19.3 Å². The molecule has 0 bridgehead atoms. The summed E-state index contributed by atoms with van der Waals surface area (Å²) < 4.78 is 0. The number of halogens is 1. The van der Waals surface area contributed by atoms with Crippen LogP contribution in [-0.4, -0.2) is 50.0 Å². The molecule has 0 unspecified atom stereocenters. The SMILES string of the molecule is CCCCN(C)C(=NC)NCCC(=O)NC1CCCC1.I. The third-order valence-corrected chi connectivity index (χ3v) is 3.78. The summed E-state index contributed by atoms with van der Waals surface area (Å²) in [6.07, 6.45) is 7.61. The highest BCUT2D eigenvalue weighted by Crippen LogP contribution is 2.17. The number of hydrogen-bond donors (Lipinski definition) is 2. The Bertz CT molecular complexity index is 317. The molecule has 1 saturated carbocycles. The normalized spacial score (nSPS) is 15.5. The van der Waals surface area contributed by atoms with Crippen molar-refractivity contribution in [3.8, 4) is 0 Å². The Morgan fingerprint density at radius 1 is 1.33 bits per heavy atom. The molecule has 1 aliphatic carbocycles. The van der Waals surface area contributed by atoms with E-state index in [1.807, 2.05) is 7.05 Å². The van der Waals surface area contributed by atoms with Gasteiger partial charge in [0.1, 0.15) is 0 Å². The van der Waals surface area contributed by atoms with E-state index in [1.165, 1.54) is 19.3 Å². The largest absolute Gasteiger partial charge is 0.356 e. The summed E-state index contributed by atoms with van der Waals surface area (Å²) in [5.74, 6) is 1.02. The van der Waals surface area contributed by atoms with E-state index in [9.17, 15) is 4.79 Å². The topological polar surface area (TPSA) is 56.7 Å². The minimum atomic E-state index is 0. The third kappa shape index (κ3) is 8.48. The molecule has 0 radical (unpaired) electrons. The number of guanidine groups is 1. The molecule has 1 aliphatic rings. The van der Waals surface area contributed by atoms with Crippen molar-refractivity contribution in [2.45, 2.75) is 57.9 Å². The number of carbonyl (C=O) groups excluding carboxylic acids is 1. The van der Waals surface area contributed by atoms with Gasteiger partial charge in [0.2, 0.25) is 5.91 Å². The average molecular weight is 410 g/mol. The van der Waals surface area contributed by atoms with E-state index < -0.39 is 0 Å². The van der Waals surface area contributed by atoms with E-state index in [-0.39, 0.29) is 29.9 Å². The van der Waals surface area contributed by atoms with Gasteiger partial charge in [0.05, 0.1) is 0 Å². The molecular formula is C15H31IN4O. The third-order valence-electron chi connectivity index (χ3n) is 3.78. The van der Waals surface area contributed by atoms with Crippen LogP contribution in [0.1, 0.15) is 51.9 Å². The predicted octanol–water partition coefficient (Wildman–Crippen LogP) is 2.36. The molecule has 2 N–H and O–H groups in total. The van der Waals surface area contributed by atoms with Crippen molar-refractivity contribution in [1.82, 2.24) is 15.5 Å². The van der Waals surface area contributed by atoms with Crippen LogP contribution < -0.4 is 10.6 Å². The van der Waals surface area contributed by atoms with Crippen LogP contribution >= 0.6 is 24.0 Å². The fraction of sp³-hybridized carbons (Fsp3) is 0.867. The monoisotopic (exact) mass is 410 g/mol. The maximum absolute atomic E-state index is 11.8. The van der Waals surface area contributed by atoms with Crippen LogP contribution in [0.5, 0.6) is 0 Å². The molecule has 1 fully saturated rings. The van der Waals surface area contributed by atoms with E-state index in [1.54, 1.807) is 7.05 Å². The van der Waals surface area contributed by atoms with E-state index in [0.29, 0.717) is 19.0 Å². The second kappa shape index (κ2) is 12.1. The highest BCUT2D eigenvalue weighted by molar-refractivity contribution is 14.0. The van der Waals surface area contributed by atoms with Crippen LogP contribution in [0.4, 0.5) is 0 Å². The molecule has 124 valence electrons. The number of nitrogens with zero attached hydrogens (tertiary/aromatic N) is 2. The standard InChI is InChI=1S/C15H30N4O.HI/c1-4-5-12-19(3)15(16-2)17-11-10-14(20)18-13-8-6-7-9-13;/h13H,4-12H2,1-3H3,(H,16,17)(H,18,20);1H. The highest BCUT2D eigenvalue weighted by Gasteiger charge is 2.16. The summed E-state index contributed by atoms with van der Waals surface area (Å²) >= 11 is 0. The summed E-state index contributed by atoms with van der Waals surface area (Å²) in [4.78, 5) is 18.2. The molecule has 21 heavy (non-hydrogen) atoms. The Labute approximate surface area is 146 Å². The van der Waals surface area contributed by atoms with E-state index in [4.69, 9.17) is 0 Å². The first-order chi connectivity index (χ1) is 9.67. The maximum atomic E-state index is 11.8. The van der Waals surface area contributed by atoms with Gasteiger partial charge in [-0.2, -0.15) is 0 Å². The molecule has 0 aromatic carbocycles. The lowest BCUT2D eigenvalue weighted by molar-refractivity contribution is -0.121. The Hall–Kier alpha value is -0.530. The molecule has 0 atom stereocenters. The molecule has 0 aliphatic heterocycles. The molecule has 0 spiro atoms. The number of nitrogens with one attached hydrogen (secondary N) is 2. The molecule has 6 heteroatoms. The highest BCUT2D eigenvalue weighted by atomic mass is 127. The zero-order chi connectivity index (χ0) is 14.8. The molecule has 0 saturated heterocycles. The number of hydrogen-bond acceptors (Lipinski definition) is 2. The fourth-order valence-corrected chi connectivity index (χ4v) is 2.54. The predicted molar refractivity (Wildman–Crippen MR) is 99.3 cm³/mol. The Morgan fingerprint density at radius 3 is 2.57 bits per heavy atom. The Kier molecular flexibility index (Phi) is 11.8. The molecule has 0 heterocycles. The lowest BCUT2D eigenvalue weighted by Crippen LogP contribution is -2.41. The first-order valence-corrected chi connectivity index (χ1v) is 7.88. The van der Waals surface area contributed by atoms with Gasteiger partial charge in [-0.15, -0.1) is 24.0 Å². The summed E-state index contributed by atoms with van der Waals surface area (Å²) in [7, 11) is 3.81. The second-order valence-electron chi connectivity index (χ2n) is 5.55. The van der Waals surface area contributed by atoms with Gasteiger partial charge in [-0.25, -0.2) is 0 Å². The minimum absolute atomic E-state index is 0. The van der Waals surface area contributed by atoms with Gasteiger partial charge in [-0.1, -0.05) is 26.2 Å². The molecule has 1 rings (SSSR count). The van der Waals surface area contributed by atoms with Crippen molar-refractivity contribution >= 4 is 35.8 Å². The van der Waals surface area contributed by atoms with Crippen LogP contribution in [0.25, 0.3) is 0 Å². The van der Waals surface area contributed by atoms with Gasteiger partial charge in [0.25, 0.3) is 0 Å². The van der Waals surface area contributed by atoms with Crippen LogP contribution in [0.15, 0.2) is 4.99 Å². The fourth-order valence-electron chi connectivity index (χ4n) is 2.54. The van der Waals surface area contributed by atoms with E-state index >= 15 is 0 Å². The van der Waals surface area contributed by atoms with Crippen molar-refractivity contribution in [2.24, 2.45) is 4.99 Å². The zero-order valence-electron chi connectivity index (χ0n) is 13.7. The average Bonchev–Trinajstić information content (AvgIpc) is 2.93. The molecule has 0 aromatic rings. The van der Waals surface area contributed by atoms with Crippen molar-refractivity contribution in [2.75, 3.05) is 27.2 Å². The maximum Gasteiger partial charge on any atom is 0.221 e. The van der Waals surface area contributed by atoms with Gasteiger partial charge >= 0.3 is 0 Å². The number of rotatable bonds is 7. The number of aliphatic imine (C=N–C) groups is 1. The van der Waals surface area contributed by atoms with Crippen molar-refractivity contribution in [1.29, 1.82) is 0 Å². The minimum Gasteiger partial charge on any atom is -0.356 e. The van der Waals surface area contributed by atoms with Crippen LogP contribution in [-0.2, 0) is 4.79 Å². The summed E-state index contributed by atoms with van der Waals surface area (Å²) in [5.41, 5.74) is 0. The number of carbonyl (C=O) groups is 1. The van der Waals surface area contributed by atoms with Gasteiger partial charge < -0.3 is 15.5 Å². The van der Waals surface area contributed by atoms with Crippen molar-refractivity contribution in [3.05, 3.63) is 0 Å². The van der Waals surface area contributed by atoms with Crippen molar-refractivity contribution < 1.29 is 4.79 Å². The lowest BCUT2D eigenvalue weighted by Gasteiger charge is -2.21. The van der Waals surface area contributed by atoms with Gasteiger partial charge in [0.15, 0.2) is 5.96 Å². The summed E-state index contributed by atoms with van der Waals surface area (Å²) in [5, 5.41) is 6.35. The van der Waals surface area contributed by atoms with Crippen LogP contribution in [0, 0.1) is 0 Å². The molecule has 0 aromatic heterocycles. The smallest absolute Gasteiger partial charge is 0.221 e. The Balaban J connectivity index is 0.00000400. The first-order valence-electron chi connectivity index (χ1n) is 7.88. The summed E-state index contributed by atoms with van der Waals surface area (Å²) in [6, 6.07) is 0.411. The number of amides is 1. The van der Waals surface area contributed by atoms with E-state index in [2.05, 4.69) is 27.4 Å². The summed E-state index contributed by atoms with van der Waals surface area (Å²) in [6.45, 7) is 3.81. The van der Waals surface area contributed by atoms with Gasteiger partial charge in [0, 0.05) is 39.6 Å². The second-order valence-corrected chi connectivity index (χ2v) is 5.55. The van der Waals surface area contributed by atoms with Crippen LogP contribution in [0.2, 0.25) is 0 Å². The lowest BCUT2D eigenvalue weighted by atomic mass is 10.2. The zero-order valence-corrected chi connectivity index (χ0v) is 16.0. The quantitative estimate of drug-likeness (QED) is 0.385. The molecular weight excluding hydrogens is 379 g/mol. The number of unbranched alkanes of at least 4 members (excludes halogenated alkanes) is 1. The Morgan fingerprint density at radius 2 is 2.00 bits per heavy atom. The molecule has 5 nitrogen and oxygen atoms in total. The van der Waals surface area contributed by atoms with E-state index in [0.717, 1.165) is 31.8 Å². The first kappa shape index (κ1) is 20.5. The van der Waals surface area contributed by atoms with Crippen molar-refractivity contribution in [3.63, 3.8) is 0 Å². The van der Waals surface area contributed by atoms with Crippen LogP contribution in [0.3, 0.4) is 0 Å². The molecule has 1 amide bonds.